The molecule has 8 heteroatoms. The fourth-order valence-corrected chi connectivity index (χ4v) is 3.26. The smallest absolute Gasteiger partial charge is 0.334 e. The van der Waals surface area contributed by atoms with E-state index in [0.717, 1.165) is 41.9 Å². The molecule has 0 bridgehead atoms. The van der Waals surface area contributed by atoms with Crippen LogP contribution in [0.5, 0.6) is 0 Å². The van der Waals surface area contributed by atoms with E-state index in [1.54, 1.807) is 0 Å². The maximum atomic E-state index is 12.5. The topological polar surface area (TPSA) is 96.6 Å². The van der Waals surface area contributed by atoms with Crippen molar-refractivity contribution in [2.75, 3.05) is 0 Å². The molecule has 1 saturated carbocycles. The van der Waals surface area contributed by atoms with Crippen LogP contribution in [0.3, 0.4) is 0 Å². The van der Waals surface area contributed by atoms with Crippen LogP contribution in [-0.4, -0.2) is 43.8 Å². The summed E-state index contributed by atoms with van der Waals surface area (Å²) in [4.78, 5) is 43.1. The lowest BCUT2D eigenvalue weighted by atomic mass is 9.94. The quantitative estimate of drug-likeness (QED) is 0.602. The molecule has 0 radical (unpaired) electrons. The van der Waals surface area contributed by atoms with Crippen LogP contribution in [0.2, 0.25) is 0 Å². The van der Waals surface area contributed by atoms with Crippen LogP contribution in [0.4, 0.5) is 4.79 Å². The summed E-state index contributed by atoms with van der Waals surface area (Å²) in [6.07, 6.45) is 5.22. The summed E-state index contributed by atoms with van der Waals surface area (Å²) in [6, 6.07) is -0.743. The van der Waals surface area contributed by atoms with Gasteiger partial charge in [0.2, 0.25) is 5.89 Å². The standard InChI is InChI=1S/C16H22N4O4/c1-10(2)8-12-17-13(24-18-12)9-19-14(21)15(22)20(16(19)23)11-6-4-3-5-7-11/h10-11H,3-9H2,1-2H3. The minimum atomic E-state index is -0.811. The Kier molecular flexibility index (Phi) is 4.64. The van der Waals surface area contributed by atoms with Crippen LogP contribution in [0.25, 0.3) is 0 Å². The van der Waals surface area contributed by atoms with Gasteiger partial charge in [0.25, 0.3) is 0 Å². The Morgan fingerprint density at radius 2 is 1.83 bits per heavy atom. The van der Waals surface area contributed by atoms with Crippen LogP contribution in [-0.2, 0) is 22.6 Å². The van der Waals surface area contributed by atoms with E-state index >= 15 is 0 Å². The molecule has 0 unspecified atom stereocenters. The van der Waals surface area contributed by atoms with Crippen molar-refractivity contribution in [3.8, 4) is 0 Å². The van der Waals surface area contributed by atoms with Gasteiger partial charge in [0.1, 0.15) is 6.54 Å². The van der Waals surface area contributed by atoms with Gasteiger partial charge in [0, 0.05) is 12.5 Å². The van der Waals surface area contributed by atoms with Crippen molar-refractivity contribution < 1.29 is 18.9 Å². The number of amides is 4. The summed E-state index contributed by atoms with van der Waals surface area (Å²) < 4.78 is 5.10. The van der Waals surface area contributed by atoms with E-state index in [9.17, 15) is 14.4 Å². The van der Waals surface area contributed by atoms with Gasteiger partial charge in [-0.15, -0.1) is 0 Å². The molecule has 0 aromatic carbocycles. The molecule has 0 N–H and O–H groups in total. The normalized spacial score (nSPS) is 19.9. The first-order valence-corrected chi connectivity index (χ1v) is 8.48. The molecule has 2 fully saturated rings. The second-order valence-electron chi connectivity index (χ2n) is 6.84. The van der Waals surface area contributed by atoms with Crippen LogP contribution in [0.15, 0.2) is 4.52 Å². The van der Waals surface area contributed by atoms with Crippen LogP contribution in [0.1, 0.15) is 57.7 Å². The first-order chi connectivity index (χ1) is 11.5. The molecule has 2 aliphatic rings. The molecular weight excluding hydrogens is 312 g/mol. The molecule has 8 nitrogen and oxygen atoms in total. The molecule has 0 atom stereocenters. The number of hydrogen-bond acceptors (Lipinski definition) is 6. The van der Waals surface area contributed by atoms with E-state index < -0.39 is 17.8 Å². The molecule has 1 aromatic rings. The Labute approximate surface area is 140 Å². The average Bonchev–Trinajstić information content (AvgIpc) is 3.06. The van der Waals surface area contributed by atoms with Crippen molar-refractivity contribution in [2.24, 2.45) is 5.92 Å². The van der Waals surface area contributed by atoms with Gasteiger partial charge in [0.05, 0.1) is 0 Å². The van der Waals surface area contributed by atoms with Crippen molar-refractivity contribution in [2.45, 2.75) is 65.0 Å². The van der Waals surface area contributed by atoms with Gasteiger partial charge in [-0.05, 0) is 18.8 Å². The number of carbonyl (C=O) groups excluding carboxylic acids is 3. The van der Waals surface area contributed by atoms with Gasteiger partial charge in [-0.3, -0.25) is 14.5 Å². The van der Waals surface area contributed by atoms with Gasteiger partial charge in [0.15, 0.2) is 5.82 Å². The lowest BCUT2D eigenvalue weighted by molar-refractivity contribution is -0.144. The molecule has 3 rings (SSSR count). The largest absolute Gasteiger partial charge is 0.337 e. The zero-order valence-electron chi connectivity index (χ0n) is 14.0. The van der Waals surface area contributed by atoms with E-state index in [-0.39, 0.29) is 18.5 Å². The second-order valence-corrected chi connectivity index (χ2v) is 6.84. The van der Waals surface area contributed by atoms with Crippen molar-refractivity contribution in [3.63, 3.8) is 0 Å². The van der Waals surface area contributed by atoms with Crippen LogP contribution >= 0.6 is 0 Å². The summed E-state index contributed by atoms with van der Waals surface area (Å²) in [6.45, 7) is 3.91. The fraction of sp³-hybridized carbons (Fsp3) is 0.688. The summed E-state index contributed by atoms with van der Waals surface area (Å²) in [5, 5.41) is 3.84. The molecule has 1 saturated heterocycles. The van der Waals surface area contributed by atoms with Crippen LogP contribution < -0.4 is 0 Å². The number of imide groups is 2. The molecule has 130 valence electrons. The third kappa shape index (κ3) is 3.18. The minimum Gasteiger partial charge on any atom is -0.337 e. The summed E-state index contributed by atoms with van der Waals surface area (Å²) >= 11 is 0. The number of rotatable bonds is 5. The summed E-state index contributed by atoms with van der Waals surface area (Å²) in [7, 11) is 0. The molecule has 1 aliphatic heterocycles. The van der Waals surface area contributed by atoms with Gasteiger partial charge in [-0.2, -0.15) is 4.98 Å². The molecule has 4 amide bonds. The Morgan fingerprint density at radius 3 is 2.50 bits per heavy atom. The lowest BCUT2D eigenvalue weighted by Gasteiger charge is -2.28. The molecular formula is C16H22N4O4. The monoisotopic (exact) mass is 334 g/mol. The second kappa shape index (κ2) is 6.70. The SMILES string of the molecule is CC(C)Cc1noc(CN2C(=O)C(=O)N(C3CCCCC3)C2=O)n1. The van der Waals surface area contributed by atoms with E-state index in [2.05, 4.69) is 10.1 Å². The Hall–Kier alpha value is -2.25. The van der Waals surface area contributed by atoms with Crippen molar-refractivity contribution in [1.29, 1.82) is 0 Å². The molecule has 1 aliphatic carbocycles. The van der Waals surface area contributed by atoms with Gasteiger partial charge >= 0.3 is 17.8 Å². The number of aromatic nitrogens is 2. The number of urea groups is 1. The minimum absolute atomic E-state index is 0.155. The Balaban J connectivity index is 1.71. The molecule has 0 spiro atoms. The van der Waals surface area contributed by atoms with E-state index in [0.29, 0.717) is 18.2 Å². The highest BCUT2D eigenvalue weighted by molar-refractivity contribution is 6.44. The third-order valence-electron chi connectivity index (χ3n) is 4.42. The van der Waals surface area contributed by atoms with Crippen LogP contribution in [0, 0.1) is 5.92 Å². The predicted molar refractivity (Wildman–Crippen MR) is 82.5 cm³/mol. The van der Waals surface area contributed by atoms with E-state index in [1.807, 2.05) is 13.8 Å². The summed E-state index contributed by atoms with van der Waals surface area (Å²) in [5.41, 5.74) is 0. The fourth-order valence-electron chi connectivity index (χ4n) is 3.26. The number of nitrogens with zero attached hydrogens (tertiary/aromatic N) is 4. The lowest BCUT2D eigenvalue weighted by Crippen LogP contribution is -2.42. The summed E-state index contributed by atoms with van der Waals surface area (Å²) in [5.74, 6) is -0.475. The number of carbonyl (C=O) groups is 3. The average molecular weight is 334 g/mol. The first-order valence-electron chi connectivity index (χ1n) is 8.48. The third-order valence-corrected chi connectivity index (χ3v) is 4.42. The molecule has 24 heavy (non-hydrogen) atoms. The zero-order chi connectivity index (χ0) is 17.3. The molecule has 2 heterocycles. The van der Waals surface area contributed by atoms with Crippen molar-refractivity contribution in [3.05, 3.63) is 11.7 Å². The maximum absolute atomic E-state index is 12.5. The highest BCUT2D eigenvalue weighted by Crippen LogP contribution is 2.27. The highest BCUT2D eigenvalue weighted by atomic mass is 16.5. The Morgan fingerprint density at radius 1 is 1.12 bits per heavy atom. The van der Waals surface area contributed by atoms with E-state index in [4.69, 9.17) is 4.52 Å². The van der Waals surface area contributed by atoms with E-state index in [1.165, 1.54) is 0 Å². The van der Waals surface area contributed by atoms with Gasteiger partial charge < -0.3 is 4.52 Å². The predicted octanol–water partition coefficient (Wildman–Crippen LogP) is 1.89. The van der Waals surface area contributed by atoms with Gasteiger partial charge in [-0.25, -0.2) is 9.69 Å². The first kappa shape index (κ1) is 16.6. The Bertz CT molecular complexity index is 648. The highest BCUT2D eigenvalue weighted by Gasteiger charge is 2.48. The number of hydrogen-bond donors (Lipinski definition) is 0. The maximum Gasteiger partial charge on any atom is 0.334 e. The van der Waals surface area contributed by atoms with Gasteiger partial charge in [-0.1, -0.05) is 38.3 Å². The molecule has 1 aromatic heterocycles. The van der Waals surface area contributed by atoms with Crippen molar-refractivity contribution >= 4 is 17.8 Å². The zero-order valence-corrected chi connectivity index (χ0v) is 14.0. The van der Waals surface area contributed by atoms with Crippen molar-refractivity contribution in [1.82, 2.24) is 19.9 Å².